The van der Waals surface area contributed by atoms with Gasteiger partial charge in [0.15, 0.2) is 0 Å². The van der Waals surface area contributed by atoms with Crippen molar-refractivity contribution in [2.75, 3.05) is 5.32 Å². The molecule has 0 aliphatic carbocycles. The first-order valence-corrected chi connectivity index (χ1v) is 9.58. The Balaban J connectivity index is 1.64. The van der Waals surface area contributed by atoms with Crippen molar-refractivity contribution in [1.82, 2.24) is 0 Å². The lowest BCUT2D eigenvalue weighted by molar-refractivity contribution is -0.384. The largest absolute Gasteiger partial charge is 0.356 e. The van der Waals surface area contributed by atoms with E-state index in [0.717, 1.165) is 22.5 Å². The first-order chi connectivity index (χ1) is 12.6. The zero-order valence-electron chi connectivity index (χ0n) is 14.0. The van der Waals surface area contributed by atoms with E-state index in [0.29, 0.717) is 11.5 Å². The molecule has 0 heterocycles. The highest BCUT2D eigenvalue weighted by Crippen LogP contribution is 2.21. The summed E-state index contributed by atoms with van der Waals surface area (Å²) >= 11 is 0. The molecule has 0 aliphatic heterocycles. The SMILES string of the molecule is O=[N+]([O-])c1ccc(Nc2cccc(CS(=O)Cc3ccccc3)c2)cc1. The van der Waals surface area contributed by atoms with Crippen molar-refractivity contribution < 1.29 is 9.13 Å². The minimum atomic E-state index is -0.988. The molecule has 0 aliphatic rings. The summed E-state index contributed by atoms with van der Waals surface area (Å²) < 4.78 is 12.4. The number of nitrogens with zero attached hydrogens (tertiary/aromatic N) is 1. The highest BCUT2D eigenvalue weighted by molar-refractivity contribution is 7.83. The van der Waals surface area contributed by atoms with Crippen LogP contribution >= 0.6 is 0 Å². The fraction of sp³-hybridized carbons (Fsp3) is 0.100. The molecular formula is C20H18N2O3S. The Labute approximate surface area is 154 Å². The molecule has 0 aromatic heterocycles. The molecule has 3 rings (SSSR count). The summed E-state index contributed by atoms with van der Waals surface area (Å²) in [7, 11) is -0.988. The number of benzene rings is 3. The number of nitro groups is 1. The van der Waals surface area contributed by atoms with Gasteiger partial charge in [-0.05, 0) is 35.4 Å². The maximum atomic E-state index is 12.4. The summed E-state index contributed by atoms with van der Waals surface area (Å²) in [6.45, 7) is 0. The average Bonchev–Trinajstić information content (AvgIpc) is 2.63. The number of hydrogen-bond acceptors (Lipinski definition) is 4. The third-order valence-electron chi connectivity index (χ3n) is 3.79. The molecule has 5 nitrogen and oxygen atoms in total. The van der Waals surface area contributed by atoms with Crippen LogP contribution in [0.5, 0.6) is 0 Å². The molecule has 0 saturated carbocycles. The highest BCUT2D eigenvalue weighted by Gasteiger charge is 2.06. The van der Waals surface area contributed by atoms with Crippen LogP contribution in [0.25, 0.3) is 0 Å². The van der Waals surface area contributed by atoms with Crippen LogP contribution in [-0.4, -0.2) is 9.13 Å². The van der Waals surface area contributed by atoms with E-state index >= 15 is 0 Å². The van der Waals surface area contributed by atoms with Gasteiger partial charge in [0.2, 0.25) is 0 Å². The lowest BCUT2D eigenvalue weighted by atomic mass is 10.2. The zero-order chi connectivity index (χ0) is 18.4. The van der Waals surface area contributed by atoms with E-state index in [2.05, 4.69) is 5.32 Å². The van der Waals surface area contributed by atoms with Crippen LogP contribution in [0, 0.1) is 10.1 Å². The summed E-state index contributed by atoms with van der Waals surface area (Å²) in [5.74, 6) is 1.01. The molecule has 0 amide bonds. The Kier molecular flexibility index (Phi) is 5.76. The number of nitrogens with one attached hydrogen (secondary N) is 1. The van der Waals surface area contributed by atoms with Gasteiger partial charge >= 0.3 is 0 Å². The third kappa shape index (κ3) is 5.00. The maximum Gasteiger partial charge on any atom is 0.269 e. The monoisotopic (exact) mass is 366 g/mol. The molecule has 1 N–H and O–H groups in total. The van der Waals surface area contributed by atoms with Crippen LogP contribution in [0.15, 0.2) is 78.9 Å². The first kappa shape index (κ1) is 17.8. The van der Waals surface area contributed by atoms with Crippen molar-refractivity contribution in [2.45, 2.75) is 11.5 Å². The fourth-order valence-corrected chi connectivity index (χ4v) is 3.79. The third-order valence-corrected chi connectivity index (χ3v) is 5.10. The van der Waals surface area contributed by atoms with Gasteiger partial charge in [-0.15, -0.1) is 0 Å². The number of anilines is 2. The molecule has 3 aromatic rings. The van der Waals surface area contributed by atoms with Gasteiger partial charge in [-0.3, -0.25) is 14.3 Å². The summed E-state index contributed by atoms with van der Waals surface area (Å²) in [5, 5.41) is 13.9. The number of nitro benzene ring substituents is 1. The van der Waals surface area contributed by atoms with Gasteiger partial charge in [0, 0.05) is 45.8 Å². The van der Waals surface area contributed by atoms with Gasteiger partial charge in [0.05, 0.1) is 4.92 Å². The number of hydrogen-bond donors (Lipinski definition) is 1. The quantitative estimate of drug-likeness (QED) is 0.482. The molecule has 6 heteroatoms. The molecule has 0 bridgehead atoms. The molecular weight excluding hydrogens is 348 g/mol. The molecule has 1 atom stereocenters. The second-order valence-electron chi connectivity index (χ2n) is 5.84. The van der Waals surface area contributed by atoms with E-state index in [1.165, 1.54) is 12.1 Å². The summed E-state index contributed by atoms with van der Waals surface area (Å²) in [6, 6.07) is 23.7. The van der Waals surface area contributed by atoms with Crippen LogP contribution < -0.4 is 5.32 Å². The second-order valence-corrected chi connectivity index (χ2v) is 7.30. The first-order valence-electron chi connectivity index (χ1n) is 8.09. The van der Waals surface area contributed by atoms with Crippen LogP contribution in [0.2, 0.25) is 0 Å². The van der Waals surface area contributed by atoms with Gasteiger partial charge in [0.25, 0.3) is 5.69 Å². The maximum absolute atomic E-state index is 12.4. The van der Waals surface area contributed by atoms with Gasteiger partial charge < -0.3 is 5.32 Å². The summed E-state index contributed by atoms with van der Waals surface area (Å²) in [5.41, 5.74) is 3.71. The Morgan fingerprint density at radius 2 is 1.46 bits per heavy atom. The normalized spacial score (nSPS) is 11.7. The van der Waals surface area contributed by atoms with E-state index in [9.17, 15) is 14.3 Å². The Morgan fingerprint density at radius 3 is 2.15 bits per heavy atom. The van der Waals surface area contributed by atoms with Crippen molar-refractivity contribution in [1.29, 1.82) is 0 Å². The smallest absolute Gasteiger partial charge is 0.269 e. The van der Waals surface area contributed by atoms with Crippen molar-refractivity contribution in [3.05, 3.63) is 100 Å². The Morgan fingerprint density at radius 1 is 0.808 bits per heavy atom. The standard InChI is InChI=1S/C20H18N2O3S/c23-22(24)20-11-9-18(10-12-20)21-19-8-4-7-17(13-19)15-26(25)14-16-5-2-1-3-6-16/h1-13,21H,14-15H2. The minimum absolute atomic E-state index is 0.0561. The van der Waals surface area contributed by atoms with Crippen LogP contribution in [-0.2, 0) is 22.3 Å². The van der Waals surface area contributed by atoms with Gasteiger partial charge in [0.1, 0.15) is 0 Å². The molecule has 1 unspecified atom stereocenters. The molecule has 132 valence electrons. The Bertz CT molecular complexity index is 912. The average molecular weight is 366 g/mol. The highest BCUT2D eigenvalue weighted by atomic mass is 32.2. The van der Waals surface area contributed by atoms with Crippen LogP contribution in [0.4, 0.5) is 17.1 Å². The predicted molar refractivity (Wildman–Crippen MR) is 105 cm³/mol. The van der Waals surface area contributed by atoms with Crippen LogP contribution in [0.1, 0.15) is 11.1 Å². The molecule has 0 radical (unpaired) electrons. The zero-order valence-corrected chi connectivity index (χ0v) is 14.8. The lowest BCUT2D eigenvalue weighted by Gasteiger charge is -2.09. The number of non-ortho nitro benzene ring substituents is 1. The van der Waals surface area contributed by atoms with Crippen LogP contribution in [0.3, 0.4) is 0 Å². The molecule has 26 heavy (non-hydrogen) atoms. The van der Waals surface area contributed by atoms with Crippen molar-refractivity contribution in [2.24, 2.45) is 0 Å². The second kappa shape index (κ2) is 8.40. The molecule has 0 spiro atoms. The van der Waals surface area contributed by atoms with E-state index in [1.807, 2.05) is 54.6 Å². The molecule has 3 aromatic carbocycles. The lowest BCUT2D eigenvalue weighted by Crippen LogP contribution is -2.00. The number of rotatable bonds is 7. The Hall–Kier alpha value is -2.99. The predicted octanol–water partition coefficient (Wildman–Crippen LogP) is 4.79. The van der Waals surface area contributed by atoms with Gasteiger partial charge in [-0.2, -0.15) is 0 Å². The summed E-state index contributed by atoms with van der Waals surface area (Å²) in [4.78, 5) is 10.3. The van der Waals surface area contributed by atoms with E-state index in [1.54, 1.807) is 12.1 Å². The van der Waals surface area contributed by atoms with E-state index in [-0.39, 0.29) is 5.69 Å². The minimum Gasteiger partial charge on any atom is -0.356 e. The van der Waals surface area contributed by atoms with Crippen molar-refractivity contribution in [3.63, 3.8) is 0 Å². The van der Waals surface area contributed by atoms with Crippen molar-refractivity contribution in [3.8, 4) is 0 Å². The molecule has 0 fully saturated rings. The summed E-state index contributed by atoms with van der Waals surface area (Å²) in [6.07, 6.45) is 0. The van der Waals surface area contributed by atoms with E-state index < -0.39 is 15.7 Å². The van der Waals surface area contributed by atoms with Crippen molar-refractivity contribution >= 4 is 27.9 Å². The van der Waals surface area contributed by atoms with E-state index in [4.69, 9.17) is 0 Å². The fourth-order valence-electron chi connectivity index (χ4n) is 2.57. The topological polar surface area (TPSA) is 72.2 Å². The van der Waals surface area contributed by atoms with Gasteiger partial charge in [-0.1, -0.05) is 42.5 Å². The van der Waals surface area contributed by atoms with Gasteiger partial charge in [-0.25, -0.2) is 0 Å². The molecule has 0 saturated heterocycles.